The van der Waals surface area contributed by atoms with E-state index in [0.717, 1.165) is 0 Å². The van der Waals surface area contributed by atoms with Gasteiger partial charge in [0.25, 0.3) is 0 Å². The minimum absolute atomic E-state index is 0.0139. The highest BCUT2D eigenvalue weighted by Gasteiger charge is 2.41. The van der Waals surface area contributed by atoms with E-state index in [1.165, 1.54) is 21.3 Å². The van der Waals surface area contributed by atoms with Crippen LogP contribution in [0.4, 0.5) is 0 Å². The van der Waals surface area contributed by atoms with E-state index in [1.54, 1.807) is 12.1 Å². The van der Waals surface area contributed by atoms with Crippen LogP contribution in [0.15, 0.2) is 34.9 Å². The standard InChI is InChI=1S/C20H22N2O5/c1-10-5-13(23)19-17(6-10)27-20(22)12(9-21)18(19)11-7-15(25-3)16(26-4)8-14(11)24-2/h7-8,10,18H,5-6,22H2,1-4H3/t10-,18-/m0/s1. The van der Waals surface area contributed by atoms with Gasteiger partial charge in [-0.1, -0.05) is 6.92 Å². The molecule has 0 fully saturated rings. The van der Waals surface area contributed by atoms with Crippen LogP contribution in [0.2, 0.25) is 0 Å². The van der Waals surface area contributed by atoms with E-state index in [0.29, 0.717) is 47.0 Å². The Morgan fingerprint density at radius 1 is 1.11 bits per heavy atom. The van der Waals surface area contributed by atoms with Gasteiger partial charge in [-0.25, -0.2) is 0 Å². The highest BCUT2D eigenvalue weighted by Crippen LogP contribution is 2.49. The fourth-order valence-electron chi connectivity index (χ4n) is 3.68. The zero-order chi connectivity index (χ0) is 19.7. The SMILES string of the molecule is COc1cc(OC)c([C@H]2C(C#N)=C(N)OC3=C2C(=O)C[C@H](C)C3)cc1OC. The van der Waals surface area contributed by atoms with Crippen molar-refractivity contribution in [2.24, 2.45) is 11.7 Å². The van der Waals surface area contributed by atoms with Crippen LogP contribution in [-0.4, -0.2) is 27.1 Å². The number of hydrogen-bond donors (Lipinski definition) is 1. The van der Waals surface area contributed by atoms with E-state index >= 15 is 0 Å². The molecule has 0 unspecified atom stereocenters. The lowest BCUT2D eigenvalue weighted by atomic mass is 9.75. The first kappa shape index (κ1) is 18.6. The van der Waals surface area contributed by atoms with Crippen LogP contribution in [0.1, 0.15) is 31.2 Å². The largest absolute Gasteiger partial charge is 0.496 e. The summed E-state index contributed by atoms with van der Waals surface area (Å²) in [6, 6.07) is 5.49. The maximum Gasteiger partial charge on any atom is 0.205 e. The third-order valence-electron chi connectivity index (χ3n) is 4.91. The maximum atomic E-state index is 12.9. The van der Waals surface area contributed by atoms with E-state index in [1.807, 2.05) is 6.92 Å². The summed E-state index contributed by atoms with van der Waals surface area (Å²) in [6.07, 6.45) is 0.986. The number of methoxy groups -OCH3 is 3. The molecule has 7 nitrogen and oxygen atoms in total. The van der Waals surface area contributed by atoms with Crippen LogP contribution < -0.4 is 19.9 Å². The molecule has 1 aromatic carbocycles. The molecule has 1 heterocycles. The molecule has 3 rings (SSSR count). The van der Waals surface area contributed by atoms with Crippen molar-refractivity contribution in [3.8, 4) is 23.3 Å². The van der Waals surface area contributed by atoms with Gasteiger partial charge < -0.3 is 24.7 Å². The maximum absolute atomic E-state index is 12.9. The average Bonchev–Trinajstić information content (AvgIpc) is 2.65. The van der Waals surface area contributed by atoms with E-state index in [9.17, 15) is 10.1 Å². The lowest BCUT2D eigenvalue weighted by Gasteiger charge is -2.33. The predicted octanol–water partition coefficient (Wildman–Crippen LogP) is 2.77. The van der Waals surface area contributed by atoms with Crippen molar-refractivity contribution in [1.82, 2.24) is 0 Å². The molecule has 0 spiro atoms. The number of Topliss-reactive ketones (excluding diaryl/α,β-unsaturated/α-hetero) is 1. The highest BCUT2D eigenvalue weighted by molar-refractivity contribution is 5.99. The van der Waals surface area contributed by atoms with Gasteiger partial charge in [-0.15, -0.1) is 0 Å². The Balaban J connectivity index is 2.27. The average molecular weight is 370 g/mol. The number of ketones is 1. The molecular weight excluding hydrogens is 348 g/mol. The predicted molar refractivity (Wildman–Crippen MR) is 97.2 cm³/mol. The molecule has 1 aliphatic carbocycles. The molecule has 0 radical (unpaired) electrons. The molecule has 27 heavy (non-hydrogen) atoms. The van der Waals surface area contributed by atoms with E-state index < -0.39 is 5.92 Å². The van der Waals surface area contributed by atoms with Gasteiger partial charge in [0.2, 0.25) is 5.88 Å². The summed E-state index contributed by atoms with van der Waals surface area (Å²) < 4.78 is 21.9. The van der Waals surface area contributed by atoms with Crippen LogP contribution in [0.25, 0.3) is 0 Å². The van der Waals surface area contributed by atoms with E-state index in [2.05, 4.69) is 6.07 Å². The summed E-state index contributed by atoms with van der Waals surface area (Å²) in [5.41, 5.74) is 7.28. The lowest BCUT2D eigenvalue weighted by molar-refractivity contribution is -0.117. The molecule has 0 amide bonds. The number of benzene rings is 1. The summed E-state index contributed by atoms with van der Waals surface area (Å²) in [5.74, 6) is 1.39. The molecule has 2 aliphatic rings. The summed E-state index contributed by atoms with van der Waals surface area (Å²) >= 11 is 0. The van der Waals surface area contributed by atoms with Gasteiger partial charge in [-0.3, -0.25) is 4.79 Å². The quantitative estimate of drug-likeness (QED) is 0.869. The van der Waals surface area contributed by atoms with Gasteiger partial charge in [0.15, 0.2) is 17.3 Å². The number of nitriles is 1. The second kappa shape index (κ2) is 7.23. The number of allylic oxidation sites excluding steroid dienone is 3. The number of ether oxygens (including phenoxy) is 4. The first-order chi connectivity index (χ1) is 12.9. The van der Waals surface area contributed by atoms with Crippen molar-refractivity contribution in [3.63, 3.8) is 0 Å². The summed E-state index contributed by atoms with van der Waals surface area (Å²) in [6.45, 7) is 1.98. The molecule has 0 bridgehead atoms. The van der Waals surface area contributed by atoms with Crippen molar-refractivity contribution in [1.29, 1.82) is 5.26 Å². The van der Waals surface area contributed by atoms with Gasteiger partial charge in [0, 0.05) is 30.0 Å². The first-order valence-electron chi connectivity index (χ1n) is 8.58. The Hall–Kier alpha value is -3.14. The van der Waals surface area contributed by atoms with Gasteiger partial charge in [-0.2, -0.15) is 5.26 Å². The second-order valence-corrected chi connectivity index (χ2v) is 6.65. The molecule has 142 valence electrons. The number of carbonyl (C=O) groups is 1. The van der Waals surface area contributed by atoms with Gasteiger partial charge in [-0.05, 0) is 12.0 Å². The Labute approximate surface area is 157 Å². The topological polar surface area (TPSA) is 104 Å². The third kappa shape index (κ3) is 3.08. The molecule has 0 saturated heterocycles. The van der Waals surface area contributed by atoms with Crippen molar-refractivity contribution in [2.75, 3.05) is 21.3 Å². The molecule has 1 aromatic rings. The minimum Gasteiger partial charge on any atom is -0.496 e. The van der Waals surface area contributed by atoms with Gasteiger partial charge >= 0.3 is 0 Å². The molecule has 1 aliphatic heterocycles. The summed E-state index contributed by atoms with van der Waals surface area (Å²) in [7, 11) is 4.56. The number of hydrogen-bond acceptors (Lipinski definition) is 7. The van der Waals surface area contributed by atoms with E-state index in [-0.39, 0.29) is 23.2 Å². The molecule has 0 aromatic heterocycles. The zero-order valence-corrected chi connectivity index (χ0v) is 15.8. The molecule has 7 heteroatoms. The van der Waals surface area contributed by atoms with Crippen LogP contribution >= 0.6 is 0 Å². The fraction of sp³-hybridized carbons (Fsp3) is 0.400. The van der Waals surface area contributed by atoms with Crippen LogP contribution in [-0.2, 0) is 9.53 Å². The van der Waals surface area contributed by atoms with Gasteiger partial charge in [0.05, 0.1) is 27.2 Å². The normalized spacial score (nSPS) is 22.0. The number of carbonyl (C=O) groups excluding carboxylic acids is 1. The Morgan fingerprint density at radius 3 is 2.33 bits per heavy atom. The van der Waals surface area contributed by atoms with Crippen molar-refractivity contribution in [3.05, 3.63) is 40.5 Å². The van der Waals surface area contributed by atoms with Crippen molar-refractivity contribution >= 4 is 5.78 Å². The molecular formula is C20H22N2O5. The number of nitrogens with two attached hydrogens (primary N) is 1. The second-order valence-electron chi connectivity index (χ2n) is 6.65. The summed E-state index contributed by atoms with van der Waals surface area (Å²) in [4.78, 5) is 12.9. The zero-order valence-electron chi connectivity index (χ0n) is 15.8. The molecule has 0 saturated carbocycles. The number of nitrogens with zero attached hydrogens (tertiary/aromatic N) is 1. The Kier molecular flexibility index (Phi) is 5.00. The van der Waals surface area contributed by atoms with Gasteiger partial charge in [0.1, 0.15) is 23.2 Å². The van der Waals surface area contributed by atoms with E-state index in [4.69, 9.17) is 24.7 Å². The number of rotatable bonds is 4. The highest BCUT2D eigenvalue weighted by atomic mass is 16.5. The molecule has 2 atom stereocenters. The van der Waals surface area contributed by atoms with Crippen LogP contribution in [0.3, 0.4) is 0 Å². The Morgan fingerprint density at radius 2 is 1.74 bits per heavy atom. The van der Waals surface area contributed by atoms with Crippen molar-refractivity contribution in [2.45, 2.75) is 25.7 Å². The van der Waals surface area contributed by atoms with Crippen molar-refractivity contribution < 1.29 is 23.7 Å². The Bertz CT molecular complexity index is 894. The summed E-state index contributed by atoms with van der Waals surface area (Å²) in [5, 5.41) is 9.71. The smallest absolute Gasteiger partial charge is 0.205 e. The fourth-order valence-corrected chi connectivity index (χ4v) is 3.68. The monoisotopic (exact) mass is 370 g/mol. The minimum atomic E-state index is -0.673. The third-order valence-corrected chi connectivity index (χ3v) is 4.91. The molecule has 2 N–H and O–H groups in total. The van der Waals surface area contributed by atoms with Crippen LogP contribution in [0, 0.1) is 17.2 Å². The lowest BCUT2D eigenvalue weighted by Crippen LogP contribution is -2.30. The first-order valence-corrected chi connectivity index (χ1v) is 8.58. The van der Waals surface area contributed by atoms with Crippen LogP contribution in [0.5, 0.6) is 17.2 Å².